The van der Waals surface area contributed by atoms with E-state index >= 15 is 0 Å². The van der Waals surface area contributed by atoms with E-state index in [0.717, 1.165) is 31.2 Å². The highest BCUT2D eigenvalue weighted by atomic mass is 127. The van der Waals surface area contributed by atoms with Gasteiger partial charge in [-0.1, -0.05) is 0 Å². The fourth-order valence-corrected chi connectivity index (χ4v) is 2.29. The maximum atomic E-state index is 5.36. The Kier molecular flexibility index (Phi) is 9.55. The van der Waals surface area contributed by atoms with Crippen molar-refractivity contribution in [2.75, 3.05) is 33.9 Å². The number of furan rings is 1. The molecule has 0 saturated carbocycles. The number of ether oxygens (including phenoxy) is 1. The topological polar surface area (TPSA) is 54.9 Å². The van der Waals surface area contributed by atoms with Gasteiger partial charge in [0, 0.05) is 46.1 Å². The molecule has 2 heterocycles. The van der Waals surface area contributed by atoms with Gasteiger partial charge in [-0.15, -0.1) is 24.0 Å². The number of aryl methyl sites for hydroxylation is 1. The smallest absolute Gasteiger partial charge is 0.194 e. The Hall–Kier alpha value is -1.48. The molecule has 0 bridgehead atoms. The van der Waals surface area contributed by atoms with E-state index in [0.29, 0.717) is 13.2 Å². The Morgan fingerprint density at radius 3 is 2.83 bits per heavy atom. The van der Waals surface area contributed by atoms with Crippen LogP contribution >= 0.6 is 24.0 Å². The Morgan fingerprint density at radius 1 is 1.38 bits per heavy atom. The zero-order valence-corrected chi connectivity index (χ0v) is 16.9. The van der Waals surface area contributed by atoms with Crippen molar-refractivity contribution in [2.45, 2.75) is 13.0 Å². The zero-order chi connectivity index (χ0) is 16.5. The maximum absolute atomic E-state index is 5.36. The number of rotatable bonds is 8. The van der Waals surface area contributed by atoms with Gasteiger partial charge in [-0.25, -0.2) is 0 Å². The molecule has 2 aromatic rings. The highest BCUT2D eigenvalue weighted by molar-refractivity contribution is 14.0. The summed E-state index contributed by atoms with van der Waals surface area (Å²) in [6.45, 7) is 2.82. The van der Waals surface area contributed by atoms with Gasteiger partial charge < -0.3 is 23.9 Å². The summed E-state index contributed by atoms with van der Waals surface area (Å²) in [4.78, 5) is 6.73. The van der Waals surface area contributed by atoms with Crippen LogP contribution in [0.25, 0.3) is 0 Å². The molecule has 6 nitrogen and oxygen atoms in total. The normalized spacial score (nSPS) is 11.2. The average molecular weight is 446 g/mol. The van der Waals surface area contributed by atoms with Crippen LogP contribution in [0.5, 0.6) is 0 Å². The predicted octanol–water partition coefficient (Wildman–Crippen LogP) is 2.50. The summed E-state index contributed by atoms with van der Waals surface area (Å²) < 4.78 is 12.6. The highest BCUT2D eigenvalue weighted by Crippen LogP contribution is 2.04. The van der Waals surface area contributed by atoms with Gasteiger partial charge in [-0.3, -0.25) is 4.99 Å². The number of nitrogens with one attached hydrogen (secondary N) is 1. The number of nitrogens with zero attached hydrogens (tertiary/aromatic N) is 3. The fraction of sp³-hybridized carbons (Fsp3) is 0.471. The Bertz CT molecular complexity index is 596. The molecule has 2 aromatic heterocycles. The van der Waals surface area contributed by atoms with E-state index < -0.39 is 0 Å². The third-order valence-electron chi connectivity index (χ3n) is 3.60. The number of hydrogen-bond donors (Lipinski definition) is 1. The first kappa shape index (κ1) is 20.6. The van der Waals surface area contributed by atoms with Crippen LogP contribution in [0.4, 0.5) is 0 Å². The molecular weight excluding hydrogens is 419 g/mol. The van der Waals surface area contributed by atoms with Gasteiger partial charge in [-0.2, -0.15) is 0 Å². The molecule has 134 valence electrons. The van der Waals surface area contributed by atoms with Gasteiger partial charge in [0.2, 0.25) is 0 Å². The molecule has 1 N–H and O–H groups in total. The summed E-state index contributed by atoms with van der Waals surface area (Å²) in [5.74, 6) is 1.84. The van der Waals surface area contributed by atoms with Crippen molar-refractivity contribution in [3.8, 4) is 0 Å². The van der Waals surface area contributed by atoms with Crippen molar-refractivity contribution in [3.63, 3.8) is 0 Å². The third kappa shape index (κ3) is 6.56. The zero-order valence-electron chi connectivity index (χ0n) is 14.6. The van der Waals surface area contributed by atoms with Crippen molar-refractivity contribution in [1.29, 1.82) is 0 Å². The minimum Gasteiger partial charge on any atom is -0.469 e. The lowest BCUT2D eigenvalue weighted by Crippen LogP contribution is -2.40. The Balaban J connectivity index is 0.00000288. The van der Waals surface area contributed by atoms with Gasteiger partial charge in [0.05, 0.1) is 26.0 Å². The first-order valence-corrected chi connectivity index (χ1v) is 7.81. The van der Waals surface area contributed by atoms with E-state index in [-0.39, 0.29) is 24.0 Å². The summed E-state index contributed by atoms with van der Waals surface area (Å²) in [5.41, 5.74) is 1.24. The molecule has 0 saturated heterocycles. The average Bonchev–Trinajstić information content (AvgIpc) is 3.18. The molecule has 7 heteroatoms. The molecule has 0 aliphatic rings. The Labute approximate surface area is 160 Å². The molecule has 0 radical (unpaired) electrons. The number of halogens is 1. The molecule has 0 aromatic carbocycles. The van der Waals surface area contributed by atoms with Crippen molar-refractivity contribution in [2.24, 2.45) is 12.0 Å². The molecule has 0 aliphatic carbocycles. The number of guanidine groups is 1. The van der Waals surface area contributed by atoms with E-state index in [1.807, 2.05) is 19.2 Å². The monoisotopic (exact) mass is 446 g/mol. The SMILES string of the molecule is COCCN=C(NCCc1ccco1)N(C)Cc1cccn1C.I. The predicted molar refractivity (Wildman–Crippen MR) is 107 cm³/mol. The fourth-order valence-electron chi connectivity index (χ4n) is 2.29. The van der Waals surface area contributed by atoms with Crippen molar-refractivity contribution >= 4 is 29.9 Å². The molecule has 0 atom stereocenters. The van der Waals surface area contributed by atoms with Gasteiger partial charge in [0.15, 0.2) is 5.96 Å². The third-order valence-corrected chi connectivity index (χ3v) is 3.60. The van der Waals surface area contributed by atoms with Crippen molar-refractivity contribution in [3.05, 3.63) is 48.2 Å². The second kappa shape index (κ2) is 11.1. The van der Waals surface area contributed by atoms with Gasteiger partial charge in [0.25, 0.3) is 0 Å². The molecule has 0 unspecified atom stereocenters. The largest absolute Gasteiger partial charge is 0.469 e. The highest BCUT2D eigenvalue weighted by Gasteiger charge is 2.09. The molecule has 2 rings (SSSR count). The molecular formula is C17H27IN4O2. The van der Waals surface area contributed by atoms with E-state index in [9.17, 15) is 0 Å². The van der Waals surface area contributed by atoms with Crippen LogP contribution in [0.1, 0.15) is 11.5 Å². The summed E-state index contributed by atoms with van der Waals surface area (Å²) in [5, 5.41) is 3.40. The van der Waals surface area contributed by atoms with Gasteiger partial charge in [-0.05, 0) is 24.3 Å². The van der Waals surface area contributed by atoms with E-state index in [4.69, 9.17) is 9.15 Å². The van der Waals surface area contributed by atoms with Crippen molar-refractivity contribution in [1.82, 2.24) is 14.8 Å². The van der Waals surface area contributed by atoms with E-state index in [2.05, 4.69) is 45.2 Å². The standard InChI is InChI=1S/C17H26N4O2.HI/c1-20-11-4-6-15(20)14-21(2)17(19-10-13-22-3)18-9-8-16-7-5-12-23-16;/h4-7,11-12H,8-10,13-14H2,1-3H3,(H,18,19);1H. The molecule has 0 aliphatic heterocycles. The summed E-state index contributed by atoms with van der Waals surface area (Å²) in [6.07, 6.45) is 4.58. The molecule has 24 heavy (non-hydrogen) atoms. The van der Waals surface area contributed by atoms with Crippen LogP contribution in [-0.4, -0.2) is 49.3 Å². The number of methoxy groups -OCH3 is 1. The van der Waals surface area contributed by atoms with Crippen LogP contribution in [0.3, 0.4) is 0 Å². The summed E-state index contributed by atoms with van der Waals surface area (Å²) in [7, 11) is 5.78. The van der Waals surface area contributed by atoms with Crippen LogP contribution in [0.2, 0.25) is 0 Å². The maximum Gasteiger partial charge on any atom is 0.194 e. The van der Waals surface area contributed by atoms with Crippen molar-refractivity contribution < 1.29 is 9.15 Å². The lowest BCUT2D eigenvalue weighted by molar-refractivity contribution is 0.207. The summed E-state index contributed by atoms with van der Waals surface area (Å²) >= 11 is 0. The molecule has 0 amide bonds. The number of aliphatic imine (C=N–C) groups is 1. The Morgan fingerprint density at radius 2 is 2.21 bits per heavy atom. The van der Waals surface area contributed by atoms with E-state index in [1.165, 1.54) is 5.69 Å². The lowest BCUT2D eigenvalue weighted by atomic mass is 10.3. The number of hydrogen-bond acceptors (Lipinski definition) is 3. The number of aromatic nitrogens is 1. The van der Waals surface area contributed by atoms with Crippen LogP contribution < -0.4 is 5.32 Å². The minimum atomic E-state index is 0. The summed E-state index contributed by atoms with van der Waals surface area (Å²) in [6, 6.07) is 8.06. The first-order valence-electron chi connectivity index (χ1n) is 7.81. The molecule has 0 spiro atoms. The second-order valence-electron chi connectivity index (χ2n) is 5.42. The first-order chi connectivity index (χ1) is 11.2. The van der Waals surface area contributed by atoms with Crippen LogP contribution in [0.15, 0.2) is 46.1 Å². The quantitative estimate of drug-likeness (QED) is 0.293. The van der Waals surface area contributed by atoms with Crippen LogP contribution in [0, 0.1) is 0 Å². The van der Waals surface area contributed by atoms with Gasteiger partial charge >= 0.3 is 0 Å². The van der Waals surface area contributed by atoms with E-state index in [1.54, 1.807) is 13.4 Å². The second-order valence-corrected chi connectivity index (χ2v) is 5.42. The minimum absolute atomic E-state index is 0. The van der Waals surface area contributed by atoms with Crippen LogP contribution in [-0.2, 0) is 24.8 Å². The molecule has 0 fully saturated rings. The lowest BCUT2D eigenvalue weighted by Gasteiger charge is -2.22. The van der Waals surface area contributed by atoms with Gasteiger partial charge in [0.1, 0.15) is 5.76 Å².